The van der Waals surface area contributed by atoms with E-state index in [1.807, 2.05) is 6.07 Å². The summed E-state index contributed by atoms with van der Waals surface area (Å²) in [6.07, 6.45) is 5.44. The smallest absolute Gasteiger partial charge is 0.341 e. The van der Waals surface area contributed by atoms with Crippen molar-refractivity contribution in [1.29, 1.82) is 0 Å². The molecular formula is C22H23FN2O2. The summed E-state index contributed by atoms with van der Waals surface area (Å²) in [7, 11) is 0. The quantitative estimate of drug-likeness (QED) is 0.747. The van der Waals surface area contributed by atoms with Crippen LogP contribution in [0.25, 0.3) is 11.3 Å². The third-order valence-electron chi connectivity index (χ3n) is 6.50. The maximum Gasteiger partial charge on any atom is 0.341 e. The van der Waals surface area contributed by atoms with Crippen molar-refractivity contribution in [2.24, 2.45) is 0 Å². The summed E-state index contributed by atoms with van der Waals surface area (Å²) in [4.78, 5) is 19.8. The summed E-state index contributed by atoms with van der Waals surface area (Å²) in [6.45, 7) is 3.61. The first-order chi connectivity index (χ1) is 13.1. The van der Waals surface area contributed by atoms with Gasteiger partial charge < -0.3 is 9.64 Å². The summed E-state index contributed by atoms with van der Waals surface area (Å²) in [5.41, 5.74) is 2.70. The topological polar surface area (TPSA) is 42.4 Å². The van der Waals surface area contributed by atoms with Crippen molar-refractivity contribution >= 4 is 5.97 Å². The molecule has 1 aliphatic carbocycles. The number of benzene rings is 1. The number of carbonyl (C=O) groups is 1. The molecule has 0 bridgehead atoms. The first-order valence-electron chi connectivity index (χ1n) is 9.81. The zero-order valence-electron chi connectivity index (χ0n) is 15.5. The number of aromatic nitrogens is 1. The number of ether oxygens (including phenoxy) is 1. The van der Waals surface area contributed by atoms with E-state index in [-0.39, 0.29) is 11.8 Å². The first-order valence-corrected chi connectivity index (χ1v) is 9.81. The molecule has 2 fully saturated rings. The Labute approximate surface area is 158 Å². The molecule has 4 nitrogen and oxygen atoms in total. The molecule has 27 heavy (non-hydrogen) atoms. The minimum absolute atomic E-state index is 0.245. The van der Waals surface area contributed by atoms with Gasteiger partial charge in [-0.05, 0) is 43.5 Å². The third-order valence-corrected chi connectivity index (χ3v) is 6.50. The van der Waals surface area contributed by atoms with Crippen LogP contribution in [0.4, 0.5) is 4.39 Å². The second-order valence-electron chi connectivity index (χ2n) is 8.06. The SMILES string of the molecule is Cc1ccc(-c2ccc3c(n2)C2(CCN(C4CCC4)CC2)OC3=O)cc1F. The van der Waals surface area contributed by atoms with E-state index in [9.17, 15) is 9.18 Å². The number of likely N-dealkylation sites (tertiary alicyclic amines) is 1. The van der Waals surface area contributed by atoms with E-state index in [1.165, 1.54) is 25.3 Å². The van der Waals surface area contributed by atoms with Crippen LogP contribution in [-0.4, -0.2) is 35.0 Å². The Bertz CT molecular complexity index is 915. The van der Waals surface area contributed by atoms with Crippen LogP contribution < -0.4 is 0 Å². The molecule has 1 aromatic heterocycles. The predicted octanol–water partition coefficient (Wildman–Crippen LogP) is 4.21. The standard InChI is InChI=1S/C22H23FN2O2/c1-14-5-6-15(13-18(14)23)19-8-7-17-20(24-19)22(27-21(17)26)9-11-25(12-10-22)16-3-2-4-16/h5-8,13,16H,2-4,9-12H2,1H3. The molecule has 1 saturated heterocycles. The van der Waals surface area contributed by atoms with Crippen molar-refractivity contribution in [2.45, 2.75) is 50.7 Å². The fourth-order valence-electron chi connectivity index (χ4n) is 4.51. The lowest BCUT2D eigenvalue weighted by Crippen LogP contribution is -2.49. The zero-order valence-corrected chi connectivity index (χ0v) is 15.5. The monoisotopic (exact) mass is 366 g/mol. The second kappa shape index (κ2) is 6.13. The molecular weight excluding hydrogens is 343 g/mol. The maximum atomic E-state index is 14.0. The molecule has 1 spiro atoms. The van der Waals surface area contributed by atoms with Crippen LogP contribution in [0, 0.1) is 12.7 Å². The van der Waals surface area contributed by atoms with Crippen molar-refractivity contribution in [3.8, 4) is 11.3 Å². The van der Waals surface area contributed by atoms with Gasteiger partial charge in [-0.2, -0.15) is 0 Å². The number of hydrogen-bond acceptors (Lipinski definition) is 4. The average molecular weight is 366 g/mol. The zero-order chi connectivity index (χ0) is 18.6. The lowest BCUT2D eigenvalue weighted by molar-refractivity contribution is -0.0566. The number of rotatable bonds is 2. The fourth-order valence-corrected chi connectivity index (χ4v) is 4.51. The molecule has 0 radical (unpaired) electrons. The van der Waals surface area contributed by atoms with Gasteiger partial charge in [-0.15, -0.1) is 0 Å². The molecule has 5 heteroatoms. The van der Waals surface area contributed by atoms with Gasteiger partial charge in [0.2, 0.25) is 0 Å². The Morgan fingerprint density at radius 2 is 1.96 bits per heavy atom. The lowest BCUT2D eigenvalue weighted by atomic mass is 9.83. The number of fused-ring (bicyclic) bond motifs is 2. The van der Waals surface area contributed by atoms with Gasteiger partial charge in [0.15, 0.2) is 5.60 Å². The summed E-state index contributed by atoms with van der Waals surface area (Å²) < 4.78 is 19.9. The predicted molar refractivity (Wildman–Crippen MR) is 99.9 cm³/mol. The Kier molecular flexibility index (Phi) is 3.83. The van der Waals surface area contributed by atoms with Gasteiger partial charge in [-0.3, -0.25) is 0 Å². The Morgan fingerprint density at radius 3 is 2.63 bits per heavy atom. The van der Waals surface area contributed by atoms with Crippen LogP contribution in [0.3, 0.4) is 0 Å². The molecule has 0 atom stereocenters. The second-order valence-corrected chi connectivity index (χ2v) is 8.06. The van der Waals surface area contributed by atoms with Gasteiger partial charge in [-0.1, -0.05) is 18.6 Å². The Hall–Kier alpha value is -2.27. The van der Waals surface area contributed by atoms with Crippen molar-refractivity contribution in [3.05, 3.63) is 53.0 Å². The highest BCUT2D eigenvalue weighted by Crippen LogP contribution is 2.45. The van der Waals surface area contributed by atoms with Crippen molar-refractivity contribution in [3.63, 3.8) is 0 Å². The van der Waals surface area contributed by atoms with E-state index < -0.39 is 5.60 Å². The van der Waals surface area contributed by atoms with Crippen molar-refractivity contribution in [2.75, 3.05) is 13.1 Å². The molecule has 5 rings (SSSR count). The van der Waals surface area contributed by atoms with Gasteiger partial charge >= 0.3 is 5.97 Å². The van der Waals surface area contributed by atoms with Gasteiger partial charge in [0, 0.05) is 37.5 Å². The number of halogens is 1. The highest BCUT2D eigenvalue weighted by molar-refractivity contribution is 5.94. The van der Waals surface area contributed by atoms with Crippen LogP contribution in [0.1, 0.15) is 53.7 Å². The van der Waals surface area contributed by atoms with E-state index in [2.05, 4.69) is 4.90 Å². The van der Waals surface area contributed by atoms with E-state index in [1.54, 1.807) is 25.1 Å². The molecule has 2 aromatic rings. The number of aryl methyl sites for hydroxylation is 1. The van der Waals surface area contributed by atoms with Gasteiger partial charge in [-0.25, -0.2) is 14.2 Å². The molecule has 2 aliphatic heterocycles. The van der Waals surface area contributed by atoms with Crippen LogP contribution in [0.15, 0.2) is 30.3 Å². The van der Waals surface area contributed by atoms with Crippen molar-refractivity contribution in [1.82, 2.24) is 9.88 Å². The van der Waals surface area contributed by atoms with E-state index in [0.717, 1.165) is 37.2 Å². The molecule has 1 aromatic carbocycles. The number of pyridine rings is 1. The molecule has 0 amide bonds. The molecule has 140 valence electrons. The van der Waals surface area contributed by atoms with Gasteiger partial charge in [0.25, 0.3) is 0 Å². The number of esters is 1. The summed E-state index contributed by atoms with van der Waals surface area (Å²) >= 11 is 0. The van der Waals surface area contributed by atoms with Gasteiger partial charge in [0.1, 0.15) is 5.82 Å². The number of nitrogens with zero attached hydrogens (tertiary/aromatic N) is 2. The molecule has 1 saturated carbocycles. The molecule has 0 N–H and O–H groups in total. The normalized spacial score (nSPS) is 21.8. The number of piperidine rings is 1. The molecule has 3 aliphatic rings. The third kappa shape index (κ3) is 2.67. The first kappa shape index (κ1) is 16.9. The highest BCUT2D eigenvalue weighted by atomic mass is 19.1. The van der Waals surface area contributed by atoms with Crippen molar-refractivity contribution < 1.29 is 13.9 Å². The van der Waals surface area contributed by atoms with E-state index in [0.29, 0.717) is 22.9 Å². The molecule has 0 unspecified atom stereocenters. The van der Waals surface area contributed by atoms with Gasteiger partial charge in [0.05, 0.1) is 17.0 Å². The largest absolute Gasteiger partial charge is 0.449 e. The fraction of sp³-hybridized carbons (Fsp3) is 0.455. The molecule has 3 heterocycles. The number of hydrogen-bond donors (Lipinski definition) is 0. The van der Waals surface area contributed by atoms with Crippen LogP contribution in [0.5, 0.6) is 0 Å². The van der Waals surface area contributed by atoms with Crippen LogP contribution in [-0.2, 0) is 10.3 Å². The van der Waals surface area contributed by atoms with Crippen LogP contribution in [0.2, 0.25) is 0 Å². The summed E-state index contributed by atoms with van der Waals surface area (Å²) in [6, 6.07) is 9.41. The van der Waals surface area contributed by atoms with Crippen LogP contribution >= 0.6 is 0 Å². The lowest BCUT2D eigenvalue weighted by Gasteiger charge is -2.44. The summed E-state index contributed by atoms with van der Waals surface area (Å²) in [5, 5.41) is 0. The number of carbonyl (C=O) groups excluding carboxylic acids is 1. The highest BCUT2D eigenvalue weighted by Gasteiger charge is 2.49. The minimum Gasteiger partial charge on any atom is -0.449 e. The minimum atomic E-state index is -0.619. The average Bonchev–Trinajstić information content (AvgIpc) is 2.89. The maximum absolute atomic E-state index is 14.0. The van der Waals surface area contributed by atoms with E-state index >= 15 is 0 Å². The summed E-state index contributed by atoms with van der Waals surface area (Å²) in [5.74, 6) is -0.526. The Morgan fingerprint density at radius 1 is 1.19 bits per heavy atom. The Balaban J connectivity index is 1.48. The van der Waals surface area contributed by atoms with E-state index in [4.69, 9.17) is 9.72 Å².